The first kappa shape index (κ1) is 35.2. The lowest BCUT2D eigenvalue weighted by atomic mass is 9.31. The molecule has 3 heteroatoms. The molecular weight excluding hydrogens is 540 g/mol. The smallest absolute Gasteiger partial charge is 0.0657 e. The van der Waals surface area contributed by atoms with Crippen LogP contribution in [0.3, 0.4) is 0 Å². The van der Waals surface area contributed by atoms with E-state index in [1.54, 1.807) is 0 Å². The number of ether oxygens (including phenoxy) is 1. The quantitative estimate of drug-likeness (QED) is 0.313. The van der Waals surface area contributed by atoms with Crippen LogP contribution >= 0.6 is 0 Å². The molecule has 0 spiro atoms. The molecule has 5 fully saturated rings. The molecule has 19 unspecified atom stereocenters. The van der Waals surface area contributed by atoms with Crippen molar-refractivity contribution in [3.05, 3.63) is 0 Å². The Labute approximate surface area is 273 Å². The van der Waals surface area contributed by atoms with E-state index in [0.717, 1.165) is 41.4 Å². The number of fused-ring (bicyclic) bond motifs is 3. The van der Waals surface area contributed by atoms with Crippen LogP contribution in [-0.2, 0) is 4.74 Å². The zero-order valence-electron chi connectivity index (χ0n) is 31.3. The van der Waals surface area contributed by atoms with E-state index < -0.39 is 12.2 Å². The molecule has 5 rings (SSSR count). The molecule has 5 saturated carbocycles. The van der Waals surface area contributed by atoms with Gasteiger partial charge in [-0.25, -0.2) is 0 Å². The number of hydrogen-bond acceptors (Lipinski definition) is 3. The zero-order valence-corrected chi connectivity index (χ0v) is 31.3. The predicted octanol–water partition coefficient (Wildman–Crippen LogP) is 9.74. The maximum Gasteiger partial charge on any atom is 0.0657 e. The molecule has 0 heterocycles. The highest BCUT2D eigenvalue weighted by Gasteiger charge is 2.71. The van der Waals surface area contributed by atoms with Crippen molar-refractivity contribution in [3.63, 3.8) is 0 Å². The summed E-state index contributed by atoms with van der Waals surface area (Å²) in [5, 5.41) is 23.3. The Kier molecular flexibility index (Phi) is 9.92. The predicted molar refractivity (Wildman–Crippen MR) is 184 cm³/mol. The van der Waals surface area contributed by atoms with Crippen molar-refractivity contribution < 1.29 is 14.9 Å². The van der Waals surface area contributed by atoms with Gasteiger partial charge in [0.2, 0.25) is 0 Å². The molecule has 256 valence electrons. The van der Waals surface area contributed by atoms with E-state index in [-0.39, 0.29) is 16.7 Å². The summed E-state index contributed by atoms with van der Waals surface area (Å²) < 4.78 is 5.79. The largest absolute Gasteiger partial charge is 0.393 e. The minimum absolute atomic E-state index is 0.0495. The highest BCUT2D eigenvalue weighted by Crippen LogP contribution is 2.75. The number of hydrogen-bond donors (Lipinski definition) is 2. The summed E-state index contributed by atoms with van der Waals surface area (Å²) in [5.74, 6) is 8.80. The molecular formula is C41H74O3. The number of methoxy groups -OCH3 is 1. The van der Waals surface area contributed by atoms with Gasteiger partial charge >= 0.3 is 0 Å². The minimum atomic E-state index is -0.476. The van der Waals surface area contributed by atoms with E-state index in [1.807, 2.05) is 14.0 Å². The molecule has 2 N–H and O–H groups in total. The Morgan fingerprint density at radius 1 is 0.841 bits per heavy atom. The average molecular weight is 615 g/mol. The van der Waals surface area contributed by atoms with Crippen molar-refractivity contribution in [2.45, 2.75) is 153 Å². The van der Waals surface area contributed by atoms with Crippen LogP contribution in [0.5, 0.6) is 0 Å². The van der Waals surface area contributed by atoms with Crippen LogP contribution in [0.4, 0.5) is 0 Å². The van der Waals surface area contributed by atoms with E-state index >= 15 is 0 Å². The van der Waals surface area contributed by atoms with Gasteiger partial charge in [-0.3, -0.25) is 0 Å². The van der Waals surface area contributed by atoms with Gasteiger partial charge in [-0.15, -0.1) is 0 Å². The van der Waals surface area contributed by atoms with E-state index in [9.17, 15) is 10.2 Å². The summed E-state index contributed by atoms with van der Waals surface area (Å²) in [6.07, 6.45) is 10.3. The first-order valence-electron chi connectivity index (χ1n) is 19.3. The molecule has 0 saturated heterocycles. The molecule has 3 nitrogen and oxygen atoms in total. The van der Waals surface area contributed by atoms with Crippen LogP contribution in [0.25, 0.3) is 0 Å². The third-order valence-corrected chi connectivity index (χ3v) is 17.4. The van der Waals surface area contributed by atoms with E-state index in [0.29, 0.717) is 47.0 Å². The molecule has 0 aromatic carbocycles. The Morgan fingerprint density at radius 2 is 1.50 bits per heavy atom. The Bertz CT molecular complexity index is 992. The first-order chi connectivity index (χ1) is 20.4. The number of aliphatic hydroxyl groups excluding tert-OH is 2. The third-order valence-electron chi connectivity index (χ3n) is 17.4. The van der Waals surface area contributed by atoms with Crippen LogP contribution in [0.1, 0.15) is 134 Å². The van der Waals surface area contributed by atoms with E-state index in [4.69, 9.17) is 4.74 Å². The van der Waals surface area contributed by atoms with E-state index in [1.165, 1.54) is 51.4 Å². The van der Waals surface area contributed by atoms with Gasteiger partial charge < -0.3 is 14.9 Å². The maximum atomic E-state index is 12.3. The van der Waals surface area contributed by atoms with Gasteiger partial charge in [-0.05, 0) is 140 Å². The summed E-state index contributed by atoms with van der Waals surface area (Å²) >= 11 is 0. The molecule has 44 heavy (non-hydrogen) atoms. The van der Waals surface area contributed by atoms with Crippen molar-refractivity contribution in [1.82, 2.24) is 0 Å². The fourth-order valence-electron chi connectivity index (χ4n) is 14.9. The second-order valence-corrected chi connectivity index (χ2v) is 19.3. The van der Waals surface area contributed by atoms with Crippen LogP contribution < -0.4 is 0 Å². The minimum Gasteiger partial charge on any atom is -0.393 e. The SMILES string of the molecule is COC1CCC(CCC2CC(C(C)C)C3CC4(C)CC5(C)C(C)C(C)C(C(C)O)C(O)C5(C)C(C)C4C(C)C3C2C)CC1C. The highest BCUT2D eigenvalue weighted by molar-refractivity contribution is 5.19. The number of aliphatic hydroxyl groups is 2. The van der Waals surface area contributed by atoms with Gasteiger partial charge in [0.25, 0.3) is 0 Å². The molecule has 5 aliphatic carbocycles. The molecule has 0 aromatic rings. The van der Waals surface area contributed by atoms with E-state index in [2.05, 4.69) is 76.2 Å². The van der Waals surface area contributed by atoms with Crippen LogP contribution in [0.15, 0.2) is 0 Å². The zero-order chi connectivity index (χ0) is 32.7. The van der Waals surface area contributed by atoms with Gasteiger partial charge in [-0.1, -0.05) is 82.6 Å². The lowest BCUT2D eigenvalue weighted by Crippen LogP contribution is -2.71. The second-order valence-electron chi connectivity index (χ2n) is 19.3. The average Bonchev–Trinajstić information content (AvgIpc) is 2.93. The maximum absolute atomic E-state index is 12.3. The van der Waals surface area contributed by atoms with Crippen LogP contribution in [0, 0.1) is 99.1 Å². The van der Waals surface area contributed by atoms with Crippen molar-refractivity contribution in [3.8, 4) is 0 Å². The van der Waals surface area contributed by atoms with Gasteiger partial charge in [-0.2, -0.15) is 0 Å². The summed E-state index contributed by atoms with van der Waals surface area (Å²) in [4.78, 5) is 0. The molecule has 0 bridgehead atoms. The number of rotatable bonds is 6. The Balaban J connectivity index is 1.44. The molecule has 5 aliphatic rings. The van der Waals surface area contributed by atoms with Crippen molar-refractivity contribution in [2.24, 2.45) is 99.1 Å². The molecule has 0 radical (unpaired) electrons. The van der Waals surface area contributed by atoms with Crippen molar-refractivity contribution in [2.75, 3.05) is 7.11 Å². The fourth-order valence-corrected chi connectivity index (χ4v) is 14.9. The van der Waals surface area contributed by atoms with Crippen LogP contribution in [0.2, 0.25) is 0 Å². The topological polar surface area (TPSA) is 49.7 Å². The molecule has 0 aliphatic heterocycles. The van der Waals surface area contributed by atoms with Gasteiger partial charge in [0.15, 0.2) is 0 Å². The normalized spacial score (nSPS) is 56.9. The summed E-state index contributed by atoms with van der Waals surface area (Å²) in [6.45, 7) is 29.7. The van der Waals surface area contributed by atoms with Gasteiger partial charge in [0.05, 0.1) is 18.3 Å². The fraction of sp³-hybridized carbons (Fsp3) is 1.00. The second kappa shape index (κ2) is 12.4. The Hall–Kier alpha value is -0.120. The van der Waals surface area contributed by atoms with Crippen molar-refractivity contribution in [1.29, 1.82) is 0 Å². The standard InChI is InChI=1S/C41H74O3/c1-22(2)32-19-31(16-14-30-15-17-34(44-13)23(3)18-30)25(5)35-26(6)37-28(8)41(12)38(43)36(29(9)42)24(4)27(7)40(41,11)21-39(37,10)20-33(32)35/h22-38,42-43H,14-21H2,1-13H3. The Morgan fingerprint density at radius 3 is 2.07 bits per heavy atom. The van der Waals surface area contributed by atoms with Crippen LogP contribution in [-0.4, -0.2) is 35.6 Å². The molecule has 19 atom stereocenters. The summed E-state index contributed by atoms with van der Waals surface area (Å²) in [5.41, 5.74) is 0.164. The third kappa shape index (κ3) is 5.21. The summed E-state index contributed by atoms with van der Waals surface area (Å²) in [7, 11) is 1.90. The lowest BCUT2D eigenvalue weighted by molar-refractivity contribution is -0.289. The van der Waals surface area contributed by atoms with Crippen molar-refractivity contribution >= 4 is 0 Å². The monoisotopic (exact) mass is 615 g/mol. The highest BCUT2D eigenvalue weighted by atomic mass is 16.5. The summed E-state index contributed by atoms with van der Waals surface area (Å²) in [6, 6.07) is 0. The molecule has 0 aromatic heterocycles. The molecule has 0 amide bonds. The lowest BCUT2D eigenvalue weighted by Gasteiger charge is -2.74. The van der Waals surface area contributed by atoms with Gasteiger partial charge in [0, 0.05) is 18.4 Å². The van der Waals surface area contributed by atoms with Gasteiger partial charge in [0.1, 0.15) is 0 Å². The first-order valence-corrected chi connectivity index (χ1v) is 19.3.